The lowest BCUT2D eigenvalue weighted by Gasteiger charge is -2.32. The number of nitrogens with zero attached hydrogens (tertiary/aromatic N) is 2. The van der Waals surface area contributed by atoms with Crippen LogP contribution in [-0.4, -0.2) is 16.0 Å². The second kappa shape index (κ2) is 6.17. The van der Waals surface area contributed by atoms with Gasteiger partial charge < -0.3 is 11.1 Å². The zero-order chi connectivity index (χ0) is 16.7. The Morgan fingerprint density at radius 2 is 1.92 bits per heavy atom. The van der Waals surface area contributed by atoms with Gasteiger partial charge in [0.25, 0.3) is 0 Å². The zero-order valence-corrected chi connectivity index (χ0v) is 14.5. The molecule has 0 amide bonds. The number of rotatable bonds is 5. The molecule has 4 heteroatoms. The van der Waals surface area contributed by atoms with Crippen LogP contribution in [0.5, 0.6) is 0 Å². The maximum Gasteiger partial charge on any atom is 0.134 e. The Labute approximate surface area is 143 Å². The van der Waals surface area contributed by atoms with Gasteiger partial charge in [-0.25, -0.2) is 9.97 Å². The van der Waals surface area contributed by atoms with E-state index < -0.39 is 0 Å². The maximum atomic E-state index is 5.96. The van der Waals surface area contributed by atoms with Crippen molar-refractivity contribution in [1.29, 1.82) is 0 Å². The largest absolute Gasteiger partial charge is 0.366 e. The molecule has 2 aromatic rings. The van der Waals surface area contributed by atoms with Gasteiger partial charge in [0.1, 0.15) is 11.6 Å². The van der Waals surface area contributed by atoms with E-state index in [1.54, 1.807) is 0 Å². The Kier molecular flexibility index (Phi) is 4.01. The van der Waals surface area contributed by atoms with Gasteiger partial charge in [0.15, 0.2) is 0 Å². The highest BCUT2D eigenvalue weighted by Gasteiger charge is 2.32. The summed E-state index contributed by atoms with van der Waals surface area (Å²) in [5.41, 5.74) is 11.2. The van der Waals surface area contributed by atoms with Crippen LogP contribution in [-0.2, 0) is 6.54 Å². The Morgan fingerprint density at radius 1 is 1.12 bits per heavy atom. The molecular weight excluding hydrogens is 296 g/mol. The predicted molar refractivity (Wildman–Crippen MR) is 97.2 cm³/mol. The van der Waals surface area contributed by atoms with Gasteiger partial charge in [0, 0.05) is 36.2 Å². The fourth-order valence-corrected chi connectivity index (χ4v) is 3.40. The van der Waals surface area contributed by atoms with Crippen molar-refractivity contribution in [2.45, 2.75) is 64.0 Å². The first-order valence-electron chi connectivity index (χ1n) is 9.03. The van der Waals surface area contributed by atoms with Crippen LogP contribution < -0.4 is 11.1 Å². The van der Waals surface area contributed by atoms with Crippen molar-refractivity contribution in [2.24, 2.45) is 5.73 Å². The fraction of sp³-hybridized carbons (Fsp3) is 0.500. The van der Waals surface area contributed by atoms with Crippen molar-refractivity contribution in [3.63, 3.8) is 0 Å². The van der Waals surface area contributed by atoms with Crippen molar-refractivity contribution >= 4 is 5.82 Å². The number of nitrogens with two attached hydrogens (primary N) is 1. The molecule has 24 heavy (non-hydrogen) atoms. The molecule has 2 saturated carbocycles. The van der Waals surface area contributed by atoms with Gasteiger partial charge in [0.05, 0.1) is 0 Å². The summed E-state index contributed by atoms with van der Waals surface area (Å²) in [6.07, 6.45) is 4.56. The highest BCUT2D eigenvalue weighted by molar-refractivity contribution is 5.42. The summed E-state index contributed by atoms with van der Waals surface area (Å²) in [6, 6.07) is 8.95. The maximum absolute atomic E-state index is 5.96. The fourth-order valence-electron chi connectivity index (χ4n) is 3.40. The van der Waals surface area contributed by atoms with E-state index in [9.17, 15) is 0 Å². The molecule has 2 aliphatic carbocycles. The zero-order valence-electron chi connectivity index (χ0n) is 14.5. The molecule has 0 aliphatic heterocycles. The number of aryl methyl sites for hydroxylation is 1. The summed E-state index contributed by atoms with van der Waals surface area (Å²) in [5, 5.41) is 3.52. The Balaban J connectivity index is 1.54. The predicted octanol–water partition coefficient (Wildman–Crippen LogP) is 3.79. The number of anilines is 1. The summed E-state index contributed by atoms with van der Waals surface area (Å²) < 4.78 is 0. The lowest BCUT2D eigenvalue weighted by Crippen LogP contribution is -2.35. The molecule has 0 unspecified atom stereocenters. The number of aromatic nitrogens is 2. The summed E-state index contributed by atoms with van der Waals surface area (Å²) in [5.74, 6) is 3.07. The molecule has 0 spiro atoms. The van der Waals surface area contributed by atoms with Gasteiger partial charge in [-0.15, -0.1) is 0 Å². The Bertz CT molecular complexity index is 745. The summed E-state index contributed by atoms with van der Waals surface area (Å²) in [6.45, 7) is 5.15. The quantitative estimate of drug-likeness (QED) is 0.879. The van der Waals surface area contributed by atoms with Crippen LogP contribution in [0, 0.1) is 13.8 Å². The van der Waals surface area contributed by atoms with Gasteiger partial charge >= 0.3 is 0 Å². The van der Waals surface area contributed by atoms with Gasteiger partial charge in [-0.05, 0) is 56.2 Å². The highest BCUT2D eigenvalue weighted by Crippen LogP contribution is 2.41. The van der Waals surface area contributed by atoms with E-state index in [2.05, 4.69) is 43.4 Å². The van der Waals surface area contributed by atoms with Crippen LogP contribution in [0.1, 0.15) is 65.7 Å². The van der Waals surface area contributed by atoms with E-state index in [0.717, 1.165) is 31.0 Å². The smallest absolute Gasteiger partial charge is 0.134 e. The van der Waals surface area contributed by atoms with Crippen LogP contribution in [0.3, 0.4) is 0 Å². The molecule has 2 fully saturated rings. The number of benzene rings is 1. The van der Waals surface area contributed by atoms with Crippen molar-refractivity contribution in [1.82, 2.24) is 9.97 Å². The molecule has 2 aliphatic rings. The Morgan fingerprint density at radius 3 is 2.62 bits per heavy atom. The average Bonchev–Trinajstić information content (AvgIpc) is 3.38. The molecule has 0 radical (unpaired) electrons. The van der Waals surface area contributed by atoms with E-state index in [0.29, 0.717) is 17.9 Å². The van der Waals surface area contributed by atoms with Crippen LogP contribution in [0.15, 0.2) is 24.3 Å². The van der Waals surface area contributed by atoms with Crippen molar-refractivity contribution in [3.05, 3.63) is 52.5 Å². The molecule has 1 heterocycles. The van der Waals surface area contributed by atoms with Gasteiger partial charge in [-0.1, -0.05) is 18.2 Å². The summed E-state index contributed by atoms with van der Waals surface area (Å²) >= 11 is 0. The van der Waals surface area contributed by atoms with E-state index in [1.165, 1.54) is 35.2 Å². The third-order valence-electron chi connectivity index (χ3n) is 5.48. The minimum Gasteiger partial charge on any atom is -0.366 e. The highest BCUT2D eigenvalue weighted by atomic mass is 15.0. The number of hydrogen-bond acceptors (Lipinski definition) is 4. The van der Waals surface area contributed by atoms with Gasteiger partial charge in [-0.3, -0.25) is 0 Å². The van der Waals surface area contributed by atoms with Crippen molar-refractivity contribution in [3.8, 4) is 0 Å². The number of nitrogens with one attached hydrogen (secondary N) is 1. The van der Waals surface area contributed by atoms with E-state index in [1.807, 2.05) is 0 Å². The average molecular weight is 322 g/mol. The Hall–Kier alpha value is -1.94. The van der Waals surface area contributed by atoms with Crippen LogP contribution >= 0.6 is 0 Å². The topological polar surface area (TPSA) is 63.8 Å². The summed E-state index contributed by atoms with van der Waals surface area (Å²) in [7, 11) is 0. The molecule has 0 atom stereocenters. The van der Waals surface area contributed by atoms with E-state index in [-0.39, 0.29) is 0 Å². The van der Waals surface area contributed by atoms with E-state index >= 15 is 0 Å². The standard InChI is InChI=1S/C20H26N4/c1-12-4-3-5-15(13(12)2)11-22-19-10-18(16-8-17(21)9-16)23-20(24-19)14-6-7-14/h3-5,10,14,16-17H,6-9,11,21H2,1-2H3,(H,22,23,24). The first kappa shape index (κ1) is 15.6. The lowest BCUT2D eigenvalue weighted by molar-refractivity contribution is 0.344. The first-order valence-corrected chi connectivity index (χ1v) is 9.03. The monoisotopic (exact) mass is 322 g/mol. The van der Waals surface area contributed by atoms with E-state index in [4.69, 9.17) is 15.7 Å². The van der Waals surface area contributed by atoms with Crippen LogP contribution in [0.25, 0.3) is 0 Å². The second-order valence-corrected chi connectivity index (χ2v) is 7.45. The molecule has 0 bridgehead atoms. The van der Waals surface area contributed by atoms with Gasteiger partial charge in [0.2, 0.25) is 0 Å². The minimum atomic E-state index is 0.348. The number of hydrogen-bond donors (Lipinski definition) is 2. The van der Waals surface area contributed by atoms with Crippen LogP contribution in [0.4, 0.5) is 5.82 Å². The lowest BCUT2D eigenvalue weighted by atomic mass is 9.78. The summed E-state index contributed by atoms with van der Waals surface area (Å²) in [4.78, 5) is 9.60. The molecule has 3 N–H and O–H groups in total. The third kappa shape index (κ3) is 3.16. The van der Waals surface area contributed by atoms with Crippen molar-refractivity contribution in [2.75, 3.05) is 5.32 Å². The molecular formula is C20H26N4. The van der Waals surface area contributed by atoms with Gasteiger partial charge in [-0.2, -0.15) is 0 Å². The minimum absolute atomic E-state index is 0.348. The molecule has 0 saturated heterocycles. The molecule has 1 aromatic carbocycles. The molecule has 126 valence electrons. The molecule has 4 rings (SSSR count). The van der Waals surface area contributed by atoms with Crippen LogP contribution in [0.2, 0.25) is 0 Å². The third-order valence-corrected chi connectivity index (χ3v) is 5.48. The first-order chi connectivity index (χ1) is 11.6. The second-order valence-electron chi connectivity index (χ2n) is 7.45. The molecule has 1 aromatic heterocycles. The normalized spacial score (nSPS) is 23.0. The molecule has 4 nitrogen and oxygen atoms in total. The van der Waals surface area contributed by atoms with Crippen molar-refractivity contribution < 1.29 is 0 Å². The SMILES string of the molecule is Cc1cccc(CNc2cc(C3CC(N)C3)nc(C3CC3)n2)c1C.